The van der Waals surface area contributed by atoms with E-state index in [4.69, 9.17) is 0 Å². The Morgan fingerprint density at radius 2 is 1.87 bits per heavy atom. The zero-order chi connectivity index (χ0) is 15.8. The molecule has 1 aromatic carbocycles. The first kappa shape index (κ1) is 19.5. The lowest BCUT2D eigenvalue weighted by Gasteiger charge is -2.24. The Kier molecular flexibility index (Phi) is 8.66. The molecule has 128 valence electrons. The van der Waals surface area contributed by atoms with Gasteiger partial charge in [0.05, 0.1) is 6.54 Å². The molecule has 0 radical (unpaired) electrons. The summed E-state index contributed by atoms with van der Waals surface area (Å²) in [6, 6.07) is 9.90. The summed E-state index contributed by atoms with van der Waals surface area (Å²) in [6.07, 6.45) is 1.70. The monoisotopic (exact) mass is 339 g/mol. The van der Waals surface area contributed by atoms with E-state index in [1.807, 2.05) is 37.3 Å². The number of nitrogens with one attached hydrogen (secondary N) is 2. The molecule has 2 rings (SSSR count). The van der Waals surface area contributed by atoms with E-state index in [0.29, 0.717) is 13.1 Å². The van der Waals surface area contributed by atoms with Gasteiger partial charge in [0.25, 0.3) is 0 Å². The fourth-order valence-corrected chi connectivity index (χ4v) is 2.68. The Morgan fingerprint density at radius 3 is 2.48 bits per heavy atom. The molecule has 0 unspecified atom stereocenters. The van der Waals surface area contributed by atoms with Gasteiger partial charge in [0.2, 0.25) is 11.8 Å². The maximum atomic E-state index is 12.3. The Labute approximate surface area is 144 Å². The largest absolute Gasteiger partial charge is 0.347 e. The van der Waals surface area contributed by atoms with Gasteiger partial charge < -0.3 is 15.5 Å². The second-order valence-electron chi connectivity index (χ2n) is 5.64. The average Bonchev–Trinajstić information content (AvgIpc) is 2.59. The normalized spacial score (nSPS) is 14.7. The molecule has 2 N–H and O–H groups in total. The smallest absolute Gasteiger partial charge is 0.242 e. The van der Waals surface area contributed by atoms with Crippen molar-refractivity contribution in [3.63, 3.8) is 0 Å². The van der Waals surface area contributed by atoms with Crippen LogP contribution in [0.4, 0.5) is 0 Å². The number of amides is 2. The van der Waals surface area contributed by atoms with Crippen molar-refractivity contribution >= 4 is 24.2 Å². The number of likely N-dealkylation sites (N-methyl/N-ethyl adjacent to an activating group) is 1. The van der Waals surface area contributed by atoms with Gasteiger partial charge in [-0.2, -0.15) is 0 Å². The Bertz CT molecular complexity index is 490. The average molecular weight is 340 g/mol. The number of nitrogens with zero attached hydrogens (tertiary/aromatic N) is 1. The summed E-state index contributed by atoms with van der Waals surface area (Å²) < 4.78 is 0. The lowest BCUT2D eigenvalue weighted by Crippen LogP contribution is -2.43. The van der Waals surface area contributed by atoms with Crippen LogP contribution in [0.2, 0.25) is 0 Å². The van der Waals surface area contributed by atoms with Crippen LogP contribution in [0, 0.1) is 5.92 Å². The predicted molar refractivity (Wildman–Crippen MR) is 93.4 cm³/mol. The van der Waals surface area contributed by atoms with E-state index >= 15 is 0 Å². The van der Waals surface area contributed by atoms with Gasteiger partial charge in [0.15, 0.2) is 0 Å². The molecule has 0 saturated carbocycles. The number of carbonyl (C=O) groups is 2. The standard InChI is InChI=1S/C17H25N3O2.ClH/c1-2-20(13-14-6-4-3-5-7-14)16(21)12-19-17(22)15-8-10-18-11-9-15;/h3-7,15,18H,2,8-13H2,1H3,(H,19,22);1H. The van der Waals surface area contributed by atoms with Crippen molar-refractivity contribution in [2.75, 3.05) is 26.2 Å². The van der Waals surface area contributed by atoms with Crippen LogP contribution in [0.3, 0.4) is 0 Å². The van der Waals surface area contributed by atoms with Crippen molar-refractivity contribution in [2.24, 2.45) is 5.92 Å². The molecule has 2 amide bonds. The Morgan fingerprint density at radius 1 is 1.22 bits per heavy atom. The molecule has 5 nitrogen and oxygen atoms in total. The second-order valence-corrected chi connectivity index (χ2v) is 5.64. The molecular weight excluding hydrogens is 314 g/mol. The first-order chi connectivity index (χ1) is 10.7. The first-order valence-corrected chi connectivity index (χ1v) is 8.01. The third-order valence-electron chi connectivity index (χ3n) is 4.07. The second kappa shape index (κ2) is 10.2. The van der Waals surface area contributed by atoms with Crippen molar-refractivity contribution in [2.45, 2.75) is 26.3 Å². The molecular formula is C17H26ClN3O2. The van der Waals surface area contributed by atoms with Crippen LogP contribution in [-0.2, 0) is 16.1 Å². The van der Waals surface area contributed by atoms with Crippen molar-refractivity contribution in [1.29, 1.82) is 0 Å². The van der Waals surface area contributed by atoms with E-state index in [0.717, 1.165) is 31.5 Å². The van der Waals surface area contributed by atoms with Crippen molar-refractivity contribution in [3.8, 4) is 0 Å². The van der Waals surface area contributed by atoms with Gasteiger partial charge in [-0.3, -0.25) is 9.59 Å². The SMILES string of the molecule is CCN(Cc1ccccc1)C(=O)CNC(=O)C1CCNCC1.Cl. The summed E-state index contributed by atoms with van der Waals surface area (Å²) in [5.41, 5.74) is 1.10. The molecule has 1 fully saturated rings. The fourth-order valence-electron chi connectivity index (χ4n) is 2.68. The van der Waals surface area contributed by atoms with Gasteiger partial charge in [-0.25, -0.2) is 0 Å². The quantitative estimate of drug-likeness (QED) is 0.827. The minimum absolute atomic E-state index is 0. The summed E-state index contributed by atoms with van der Waals surface area (Å²) in [4.78, 5) is 26.1. The van der Waals surface area contributed by atoms with Crippen molar-refractivity contribution in [1.82, 2.24) is 15.5 Å². The number of benzene rings is 1. The molecule has 6 heteroatoms. The van der Waals surface area contributed by atoms with Gasteiger partial charge in [-0.15, -0.1) is 12.4 Å². The van der Waals surface area contributed by atoms with Gasteiger partial charge in [0.1, 0.15) is 0 Å². The molecule has 1 aromatic rings. The summed E-state index contributed by atoms with van der Waals surface area (Å²) in [5, 5.41) is 6.03. The highest BCUT2D eigenvalue weighted by molar-refractivity contribution is 5.86. The molecule has 0 spiro atoms. The first-order valence-electron chi connectivity index (χ1n) is 8.01. The Hall–Kier alpha value is -1.59. The number of halogens is 1. The summed E-state index contributed by atoms with van der Waals surface area (Å²) in [7, 11) is 0. The predicted octanol–water partition coefficient (Wildman–Crippen LogP) is 1.57. The molecule has 1 saturated heterocycles. The van der Waals surface area contributed by atoms with Crippen LogP contribution < -0.4 is 10.6 Å². The van der Waals surface area contributed by atoms with Crippen LogP contribution in [0.5, 0.6) is 0 Å². The number of hydrogen-bond donors (Lipinski definition) is 2. The minimum atomic E-state index is -0.0337. The van der Waals surface area contributed by atoms with E-state index in [2.05, 4.69) is 10.6 Å². The Balaban J connectivity index is 0.00000264. The molecule has 0 aliphatic carbocycles. The van der Waals surface area contributed by atoms with Gasteiger partial charge in [-0.05, 0) is 38.4 Å². The summed E-state index contributed by atoms with van der Waals surface area (Å²) >= 11 is 0. The van der Waals surface area contributed by atoms with Crippen LogP contribution in [-0.4, -0.2) is 42.9 Å². The summed E-state index contributed by atoms with van der Waals surface area (Å²) in [6.45, 7) is 5.01. The number of hydrogen-bond acceptors (Lipinski definition) is 3. The maximum absolute atomic E-state index is 12.3. The highest BCUT2D eigenvalue weighted by Gasteiger charge is 2.22. The molecule has 0 aromatic heterocycles. The molecule has 0 atom stereocenters. The third kappa shape index (κ3) is 6.20. The zero-order valence-corrected chi connectivity index (χ0v) is 14.4. The lowest BCUT2D eigenvalue weighted by atomic mass is 9.97. The van der Waals surface area contributed by atoms with Crippen LogP contribution >= 0.6 is 12.4 Å². The molecule has 1 aliphatic heterocycles. The fraction of sp³-hybridized carbons (Fsp3) is 0.529. The number of rotatable bonds is 6. The summed E-state index contributed by atoms with van der Waals surface area (Å²) in [5.74, 6) is 0.0116. The van der Waals surface area contributed by atoms with E-state index < -0.39 is 0 Å². The van der Waals surface area contributed by atoms with E-state index in [1.165, 1.54) is 0 Å². The van der Waals surface area contributed by atoms with Gasteiger partial charge in [0, 0.05) is 19.0 Å². The topological polar surface area (TPSA) is 61.4 Å². The van der Waals surface area contributed by atoms with E-state index in [9.17, 15) is 9.59 Å². The van der Waals surface area contributed by atoms with Crippen LogP contribution in [0.25, 0.3) is 0 Å². The van der Waals surface area contributed by atoms with Gasteiger partial charge >= 0.3 is 0 Å². The van der Waals surface area contributed by atoms with E-state index in [1.54, 1.807) is 4.90 Å². The van der Waals surface area contributed by atoms with Crippen LogP contribution in [0.1, 0.15) is 25.3 Å². The molecule has 1 aliphatic rings. The van der Waals surface area contributed by atoms with E-state index in [-0.39, 0.29) is 36.7 Å². The maximum Gasteiger partial charge on any atom is 0.242 e. The molecule has 23 heavy (non-hydrogen) atoms. The number of piperidine rings is 1. The lowest BCUT2D eigenvalue weighted by molar-refractivity contribution is -0.134. The highest BCUT2D eigenvalue weighted by atomic mass is 35.5. The zero-order valence-electron chi connectivity index (χ0n) is 13.6. The van der Waals surface area contributed by atoms with Crippen molar-refractivity contribution < 1.29 is 9.59 Å². The van der Waals surface area contributed by atoms with Gasteiger partial charge in [-0.1, -0.05) is 30.3 Å². The van der Waals surface area contributed by atoms with Crippen molar-refractivity contribution in [3.05, 3.63) is 35.9 Å². The molecule has 1 heterocycles. The molecule has 0 bridgehead atoms. The highest BCUT2D eigenvalue weighted by Crippen LogP contribution is 2.11. The minimum Gasteiger partial charge on any atom is -0.347 e. The third-order valence-corrected chi connectivity index (χ3v) is 4.07. The number of carbonyl (C=O) groups excluding carboxylic acids is 2. The van der Waals surface area contributed by atoms with Crippen LogP contribution in [0.15, 0.2) is 30.3 Å².